The van der Waals surface area contributed by atoms with E-state index in [9.17, 15) is 14.7 Å². The standard InChI is InChI=1S/C17H32N2O4/c1-17(2,3)23-16(22)18-11-7-4-5-8-12-19-13-9-6-10-14(19)15(20)21/h14H,4-13H2,1-3H3,(H,18,22)(H,20,21)/t14-/m1/s1. The number of carboxylic acids is 1. The van der Waals surface area contributed by atoms with Gasteiger partial charge in [0.2, 0.25) is 0 Å². The first-order valence-corrected chi connectivity index (χ1v) is 8.73. The molecule has 0 saturated carbocycles. The molecule has 1 aliphatic rings. The lowest BCUT2D eigenvalue weighted by atomic mass is 10.0. The molecule has 6 nitrogen and oxygen atoms in total. The molecular weight excluding hydrogens is 296 g/mol. The third-order valence-corrected chi connectivity index (χ3v) is 3.94. The van der Waals surface area contributed by atoms with Crippen molar-refractivity contribution in [1.29, 1.82) is 0 Å². The van der Waals surface area contributed by atoms with E-state index in [1.54, 1.807) is 0 Å². The Balaban J connectivity index is 2.05. The summed E-state index contributed by atoms with van der Waals surface area (Å²) >= 11 is 0. The van der Waals surface area contributed by atoms with Crippen LogP contribution in [0.4, 0.5) is 4.79 Å². The van der Waals surface area contributed by atoms with Crippen LogP contribution < -0.4 is 5.32 Å². The van der Waals surface area contributed by atoms with Crippen molar-refractivity contribution in [2.75, 3.05) is 19.6 Å². The Morgan fingerprint density at radius 1 is 1.17 bits per heavy atom. The van der Waals surface area contributed by atoms with Crippen LogP contribution in [0, 0.1) is 0 Å². The lowest BCUT2D eigenvalue weighted by molar-refractivity contribution is -0.144. The number of ether oxygens (including phenoxy) is 1. The maximum absolute atomic E-state index is 11.5. The highest BCUT2D eigenvalue weighted by Gasteiger charge is 2.27. The minimum absolute atomic E-state index is 0.294. The minimum Gasteiger partial charge on any atom is -0.480 e. The monoisotopic (exact) mass is 328 g/mol. The topological polar surface area (TPSA) is 78.9 Å². The summed E-state index contributed by atoms with van der Waals surface area (Å²) in [6.45, 7) is 7.91. The van der Waals surface area contributed by atoms with Gasteiger partial charge < -0.3 is 15.2 Å². The summed E-state index contributed by atoms with van der Waals surface area (Å²) in [5.41, 5.74) is -0.459. The van der Waals surface area contributed by atoms with Gasteiger partial charge in [-0.25, -0.2) is 4.79 Å². The largest absolute Gasteiger partial charge is 0.480 e. The Bertz CT molecular complexity index is 379. The molecule has 0 aromatic rings. The van der Waals surface area contributed by atoms with E-state index in [-0.39, 0.29) is 12.1 Å². The molecule has 1 heterocycles. The summed E-state index contributed by atoms with van der Waals surface area (Å²) < 4.78 is 5.17. The number of aliphatic carboxylic acids is 1. The predicted molar refractivity (Wildman–Crippen MR) is 89.6 cm³/mol. The van der Waals surface area contributed by atoms with Crippen molar-refractivity contribution in [3.8, 4) is 0 Å². The third-order valence-electron chi connectivity index (χ3n) is 3.94. The zero-order valence-electron chi connectivity index (χ0n) is 14.8. The molecule has 23 heavy (non-hydrogen) atoms. The van der Waals surface area contributed by atoms with Crippen molar-refractivity contribution in [2.24, 2.45) is 0 Å². The van der Waals surface area contributed by atoms with E-state index in [0.29, 0.717) is 6.54 Å². The third kappa shape index (κ3) is 8.79. The summed E-state index contributed by atoms with van der Waals surface area (Å²) in [6.07, 6.45) is 6.54. The molecule has 2 N–H and O–H groups in total. The van der Waals surface area contributed by atoms with E-state index >= 15 is 0 Å². The van der Waals surface area contributed by atoms with E-state index < -0.39 is 11.6 Å². The van der Waals surface area contributed by atoms with Gasteiger partial charge in [0.05, 0.1) is 0 Å². The molecule has 1 rings (SSSR count). The van der Waals surface area contributed by atoms with Crippen LogP contribution in [0.2, 0.25) is 0 Å². The Hall–Kier alpha value is -1.30. The molecule has 1 amide bonds. The lowest BCUT2D eigenvalue weighted by Crippen LogP contribution is -2.44. The van der Waals surface area contributed by atoms with E-state index in [4.69, 9.17) is 4.74 Å². The Kier molecular flexibility index (Phi) is 8.37. The molecule has 0 aromatic carbocycles. The molecule has 134 valence electrons. The Labute approximate surface area is 139 Å². The molecule has 1 atom stereocenters. The average Bonchev–Trinajstić information content (AvgIpc) is 2.44. The van der Waals surface area contributed by atoms with Crippen molar-refractivity contribution in [1.82, 2.24) is 10.2 Å². The first-order chi connectivity index (χ1) is 10.8. The number of alkyl carbamates (subject to hydrolysis) is 1. The van der Waals surface area contributed by atoms with Crippen LogP contribution in [0.25, 0.3) is 0 Å². The minimum atomic E-state index is -0.689. The fraction of sp³-hybridized carbons (Fsp3) is 0.882. The number of likely N-dealkylation sites (tertiary alicyclic amines) is 1. The van der Waals surface area contributed by atoms with Gasteiger partial charge in [-0.1, -0.05) is 19.3 Å². The summed E-state index contributed by atoms with van der Waals surface area (Å²) in [4.78, 5) is 24.8. The zero-order chi connectivity index (χ0) is 17.3. The lowest BCUT2D eigenvalue weighted by Gasteiger charge is -2.32. The number of hydrogen-bond acceptors (Lipinski definition) is 4. The van der Waals surface area contributed by atoms with Gasteiger partial charge in [-0.15, -0.1) is 0 Å². The highest BCUT2D eigenvalue weighted by Crippen LogP contribution is 2.18. The van der Waals surface area contributed by atoms with Crippen LogP contribution in [-0.2, 0) is 9.53 Å². The first-order valence-electron chi connectivity index (χ1n) is 8.73. The Morgan fingerprint density at radius 2 is 1.87 bits per heavy atom. The smallest absolute Gasteiger partial charge is 0.407 e. The van der Waals surface area contributed by atoms with Gasteiger partial charge in [0.25, 0.3) is 0 Å². The molecular formula is C17H32N2O4. The average molecular weight is 328 g/mol. The van der Waals surface area contributed by atoms with Crippen molar-refractivity contribution >= 4 is 12.1 Å². The number of amides is 1. The summed E-state index contributed by atoms with van der Waals surface area (Å²) in [6, 6.07) is -0.294. The molecule has 0 bridgehead atoms. The van der Waals surface area contributed by atoms with Gasteiger partial charge in [0.1, 0.15) is 11.6 Å². The molecule has 0 aliphatic carbocycles. The maximum atomic E-state index is 11.5. The highest BCUT2D eigenvalue weighted by atomic mass is 16.6. The molecule has 1 saturated heterocycles. The van der Waals surface area contributed by atoms with Gasteiger partial charge in [0, 0.05) is 6.54 Å². The summed E-state index contributed by atoms with van der Waals surface area (Å²) in [5.74, 6) is -0.689. The summed E-state index contributed by atoms with van der Waals surface area (Å²) in [7, 11) is 0. The number of piperidine rings is 1. The van der Waals surface area contributed by atoms with Crippen molar-refractivity contribution in [2.45, 2.75) is 77.4 Å². The van der Waals surface area contributed by atoms with Crippen LogP contribution in [0.5, 0.6) is 0 Å². The highest BCUT2D eigenvalue weighted by molar-refractivity contribution is 5.73. The van der Waals surface area contributed by atoms with E-state index in [1.165, 1.54) is 0 Å². The number of nitrogens with one attached hydrogen (secondary N) is 1. The normalized spacial score (nSPS) is 19.3. The van der Waals surface area contributed by atoms with Crippen molar-refractivity contribution in [3.05, 3.63) is 0 Å². The maximum Gasteiger partial charge on any atom is 0.407 e. The van der Waals surface area contributed by atoms with Crippen LogP contribution in [0.15, 0.2) is 0 Å². The van der Waals surface area contributed by atoms with E-state index in [2.05, 4.69) is 10.2 Å². The molecule has 1 fully saturated rings. The first kappa shape index (κ1) is 19.7. The molecule has 6 heteroatoms. The predicted octanol–water partition coefficient (Wildman–Crippen LogP) is 3.01. The van der Waals surface area contributed by atoms with Crippen LogP contribution in [-0.4, -0.2) is 53.3 Å². The molecule has 1 aliphatic heterocycles. The Morgan fingerprint density at radius 3 is 2.52 bits per heavy atom. The second-order valence-electron chi connectivity index (χ2n) is 7.23. The number of carbonyl (C=O) groups is 2. The number of hydrogen-bond donors (Lipinski definition) is 2. The molecule has 0 radical (unpaired) electrons. The van der Waals surface area contributed by atoms with Gasteiger partial charge >= 0.3 is 12.1 Å². The fourth-order valence-corrected chi connectivity index (χ4v) is 2.84. The van der Waals surface area contributed by atoms with Gasteiger partial charge in [-0.05, 0) is 59.5 Å². The zero-order valence-corrected chi connectivity index (χ0v) is 14.8. The number of rotatable bonds is 8. The van der Waals surface area contributed by atoms with Crippen LogP contribution in [0.3, 0.4) is 0 Å². The van der Waals surface area contributed by atoms with E-state index in [1.807, 2.05) is 20.8 Å². The second-order valence-corrected chi connectivity index (χ2v) is 7.23. The number of carboxylic acid groups (broad SMARTS) is 1. The SMILES string of the molecule is CC(C)(C)OC(=O)NCCCCCCN1CCCC[C@@H]1C(=O)O. The van der Waals surface area contributed by atoms with Crippen molar-refractivity contribution < 1.29 is 19.4 Å². The van der Waals surface area contributed by atoms with E-state index in [0.717, 1.165) is 58.0 Å². The van der Waals surface area contributed by atoms with Gasteiger partial charge in [-0.3, -0.25) is 9.69 Å². The quantitative estimate of drug-likeness (QED) is 0.670. The number of carbonyl (C=O) groups excluding carboxylic acids is 1. The van der Waals surface area contributed by atoms with Gasteiger partial charge in [0.15, 0.2) is 0 Å². The number of unbranched alkanes of at least 4 members (excludes halogenated alkanes) is 3. The van der Waals surface area contributed by atoms with Gasteiger partial charge in [-0.2, -0.15) is 0 Å². The molecule has 0 unspecified atom stereocenters. The fourth-order valence-electron chi connectivity index (χ4n) is 2.84. The molecule has 0 aromatic heterocycles. The van der Waals surface area contributed by atoms with Crippen LogP contribution >= 0.6 is 0 Å². The second kappa shape index (κ2) is 9.75. The summed E-state index contributed by atoms with van der Waals surface area (Å²) in [5, 5.41) is 12.0. The number of nitrogens with zero attached hydrogens (tertiary/aromatic N) is 1. The molecule has 0 spiro atoms. The van der Waals surface area contributed by atoms with Crippen molar-refractivity contribution in [3.63, 3.8) is 0 Å². The van der Waals surface area contributed by atoms with Crippen LogP contribution in [0.1, 0.15) is 65.7 Å².